The molecule has 0 saturated heterocycles. The minimum atomic E-state index is -0.661. The van der Waals surface area contributed by atoms with E-state index in [1.807, 2.05) is 0 Å². The highest BCUT2D eigenvalue weighted by molar-refractivity contribution is 6.31. The third-order valence-electron chi connectivity index (χ3n) is 2.14. The van der Waals surface area contributed by atoms with Crippen LogP contribution in [0.1, 0.15) is 5.89 Å². The normalized spacial score (nSPS) is 10.6. The van der Waals surface area contributed by atoms with Crippen LogP contribution in [0.3, 0.4) is 0 Å². The summed E-state index contributed by atoms with van der Waals surface area (Å²) >= 11 is 5.65. The zero-order valence-corrected chi connectivity index (χ0v) is 9.66. The summed E-state index contributed by atoms with van der Waals surface area (Å²) in [6.45, 7) is 0.116. The second-order valence-corrected chi connectivity index (χ2v) is 3.57. The molecule has 0 radical (unpaired) electrons. The summed E-state index contributed by atoms with van der Waals surface area (Å²) in [5.74, 6) is -0.220. The summed E-state index contributed by atoms with van der Waals surface area (Å²) in [6.07, 6.45) is 0. The molecule has 2 aromatic rings. The third kappa shape index (κ3) is 2.09. The first-order chi connectivity index (χ1) is 8.17. The van der Waals surface area contributed by atoms with Gasteiger partial charge in [0, 0.05) is 0 Å². The van der Waals surface area contributed by atoms with Crippen LogP contribution >= 0.6 is 11.6 Å². The Morgan fingerprint density at radius 3 is 2.88 bits per heavy atom. The monoisotopic (exact) mass is 257 g/mol. The molecule has 7 heteroatoms. The van der Waals surface area contributed by atoms with E-state index in [-0.39, 0.29) is 29.0 Å². The van der Waals surface area contributed by atoms with Gasteiger partial charge in [0.25, 0.3) is 0 Å². The summed E-state index contributed by atoms with van der Waals surface area (Å²) in [5, 5.41) is 3.65. The van der Waals surface area contributed by atoms with E-state index in [2.05, 4.69) is 10.1 Å². The first-order valence-electron chi connectivity index (χ1n) is 4.72. The van der Waals surface area contributed by atoms with E-state index in [9.17, 15) is 4.39 Å². The van der Waals surface area contributed by atoms with Crippen molar-refractivity contribution >= 4 is 11.6 Å². The van der Waals surface area contributed by atoms with Crippen LogP contribution in [0.15, 0.2) is 16.7 Å². The van der Waals surface area contributed by atoms with Crippen molar-refractivity contribution in [2.45, 2.75) is 6.54 Å². The van der Waals surface area contributed by atoms with E-state index in [0.29, 0.717) is 5.56 Å². The Labute approximate surface area is 101 Å². The first-order valence-corrected chi connectivity index (χ1v) is 5.10. The van der Waals surface area contributed by atoms with Crippen molar-refractivity contribution in [1.29, 1.82) is 0 Å². The van der Waals surface area contributed by atoms with Crippen molar-refractivity contribution in [1.82, 2.24) is 10.1 Å². The molecule has 0 atom stereocenters. The lowest BCUT2D eigenvalue weighted by Gasteiger charge is -2.06. The molecule has 17 heavy (non-hydrogen) atoms. The molecule has 1 heterocycles. The van der Waals surface area contributed by atoms with Crippen LogP contribution in [0.4, 0.5) is 4.39 Å². The van der Waals surface area contributed by atoms with E-state index in [4.69, 9.17) is 26.6 Å². The Kier molecular flexibility index (Phi) is 3.26. The fourth-order valence-electron chi connectivity index (χ4n) is 1.35. The van der Waals surface area contributed by atoms with Crippen LogP contribution in [-0.2, 0) is 6.54 Å². The summed E-state index contributed by atoms with van der Waals surface area (Å²) < 4.78 is 23.5. The fourth-order valence-corrected chi connectivity index (χ4v) is 1.50. The number of ether oxygens (including phenoxy) is 1. The molecule has 0 fully saturated rings. The smallest absolute Gasteiger partial charge is 0.240 e. The molecular formula is C10H9ClFN3O2. The summed E-state index contributed by atoms with van der Waals surface area (Å²) in [7, 11) is 1.34. The maximum absolute atomic E-state index is 13.7. The summed E-state index contributed by atoms with van der Waals surface area (Å²) in [5.41, 5.74) is 5.70. The molecule has 0 aliphatic rings. The predicted octanol–water partition coefficient (Wildman–Crippen LogP) is 2.00. The molecule has 2 N–H and O–H groups in total. The van der Waals surface area contributed by atoms with Gasteiger partial charge in [-0.05, 0) is 12.1 Å². The molecule has 0 spiro atoms. The quantitative estimate of drug-likeness (QED) is 0.910. The van der Waals surface area contributed by atoms with Gasteiger partial charge in [0.2, 0.25) is 11.7 Å². The number of halogens is 2. The van der Waals surface area contributed by atoms with Crippen LogP contribution in [0.25, 0.3) is 11.4 Å². The molecule has 2 rings (SSSR count). The molecule has 0 aliphatic heterocycles. The molecule has 5 nitrogen and oxygen atoms in total. The van der Waals surface area contributed by atoms with Crippen molar-refractivity contribution in [3.8, 4) is 17.1 Å². The molecule has 1 aromatic carbocycles. The van der Waals surface area contributed by atoms with Crippen molar-refractivity contribution in [2.24, 2.45) is 5.73 Å². The van der Waals surface area contributed by atoms with Gasteiger partial charge in [-0.1, -0.05) is 16.8 Å². The molecule has 0 unspecified atom stereocenters. The highest BCUT2D eigenvalue weighted by Crippen LogP contribution is 2.34. The molecule has 0 saturated carbocycles. The van der Waals surface area contributed by atoms with Gasteiger partial charge in [0.1, 0.15) is 0 Å². The van der Waals surface area contributed by atoms with Gasteiger partial charge in [0.15, 0.2) is 11.6 Å². The van der Waals surface area contributed by atoms with E-state index in [0.717, 1.165) is 0 Å². The van der Waals surface area contributed by atoms with Gasteiger partial charge in [-0.25, -0.2) is 4.39 Å². The minimum absolute atomic E-state index is 0.0260. The van der Waals surface area contributed by atoms with Crippen molar-refractivity contribution in [3.05, 3.63) is 28.9 Å². The number of hydrogen-bond donors (Lipinski definition) is 1. The Hall–Kier alpha value is -1.66. The molecule has 90 valence electrons. The third-order valence-corrected chi connectivity index (χ3v) is 2.43. The van der Waals surface area contributed by atoms with Crippen LogP contribution in [-0.4, -0.2) is 17.3 Å². The standard InChI is InChI=1S/C10H9ClFN3O2/c1-16-9-5(2-3-6(11)8(9)12)10-14-7(4-13)17-15-10/h2-3H,4,13H2,1H3. The second-order valence-electron chi connectivity index (χ2n) is 3.16. The average molecular weight is 258 g/mol. The minimum Gasteiger partial charge on any atom is -0.493 e. The Bertz CT molecular complexity index is 544. The molecule has 1 aromatic heterocycles. The number of hydrogen-bond acceptors (Lipinski definition) is 5. The number of benzene rings is 1. The van der Waals surface area contributed by atoms with Crippen LogP contribution in [0.2, 0.25) is 5.02 Å². The molecule has 0 amide bonds. The number of nitrogens with zero attached hydrogens (tertiary/aromatic N) is 2. The number of methoxy groups -OCH3 is 1. The van der Waals surface area contributed by atoms with E-state index in [1.165, 1.54) is 13.2 Å². The Morgan fingerprint density at radius 2 is 2.29 bits per heavy atom. The van der Waals surface area contributed by atoms with E-state index >= 15 is 0 Å². The van der Waals surface area contributed by atoms with Crippen molar-refractivity contribution in [2.75, 3.05) is 7.11 Å². The lowest BCUT2D eigenvalue weighted by Crippen LogP contribution is -1.97. The first kappa shape index (κ1) is 11.8. The van der Waals surface area contributed by atoms with Gasteiger partial charge in [0.05, 0.1) is 24.2 Å². The van der Waals surface area contributed by atoms with Crippen molar-refractivity contribution in [3.63, 3.8) is 0 Å². The number of rotatable bonds is 3. The fraction of sp³-hybridized carbons (Fsp3) is 0.200. The SMILES string of the molecule is COc1c(-c2noc(CN)n2)ccc(Cl)c1F. The highest BCUT2D eigenvalue weighted by atomic mass is 35.5. The molecular weight excluding hydrogens is 249 g/mol. The van der Waals surface area contributed by atoms with Crippen LogP contribution in [0, 0.1) is 5.82 Å². The Morgan fingerprint density at radius 1 is 1.53 bits per heavy atom. The zero-order valence-electron chi connectivity index (χ0n) is 8.91. The predicted molar refractivity (Wildman–Crippen MR) is 59.1 cm³/mol. The summed E-state index contributed by atoms with van der Waals surface area (Å²) in [4.78, 5) is 3.99. The highest BCUT2D eigenvalue weighted by Gasteiger charge is 2.18. The van der Waals surface area contributed by atoms with Gasteiger partial charge >= 0.3 is 0 Å². The van der Waals surface area contributed by atoms with Crippen LogP contribution < -0.4 is 10.5 Å². The van der Waals surface area contributed by atoms with E-state index < -0.39 is 5.82 Å². The lowest BCUT2D eigenvalue weighted by atomic mass is 10.2. The largest absolute Gasteiger partial charge is 0.493 e. The second kappa shape index (κ2) is 4.68. The van der Waals surface area contributed by atoms with Gasteiger partial charge in [-0.2, -0.15) is 4.98 Å². The maximum Gasteiger partial charge on any atom is 0.240 e. The van der Waals surface area contributed by atoms with Crippen molar-refractivity contribution < 1.29 is 13.7 Å². The van der Waals surface area contributed by atoms with E-state index in [1.54, 1.807) is 6.07 Å². The van der Waals surface area contributed by atoms with Gasteiger partial charge in [-0.3, -0.25) is 0 Å². The molecule has 0 aliphatic carbocycles. The zero-order chi connectivity index (χ0) is 12.4. The average Bonchev–Trinajstić information content (AvgIpc) is 2.81. The number of nitrogens with two attached hydrogens (primary N) is 1. The van der Waals surface area contributed by atoms with Gasteiger partial charge in [-0.15, -0.1) is 0 Å². The lowest BCUT2D eigenvalue weighted by molar-refractivity contribution is 0.377. The van der Waals surface area contributed by atoms with Gasteiger partial charge < -0.3 is 15.0 Å². The van der Waals surface area contributed by atoms with Crippen LogP contribution in [0.5, 0.6) is 5.75 Å². The topological polar surface area (TPSA) is 74.2 Å². The number of aromatic nitrogens is 2. The molecule has 0 bridgehead atoms. The maximum atomic E-state index is 13.7. The Balaban J connectivity index is 2.55. The summed E-state index contributed by atoms with van der Waals surface area (Å²) in [6, 6.07) is 2.95.